The van der Waals surface area contributed by atoms with Gasteiger partial charge in [-0.05, 0) is 25.1 Å². The van der Waals surface area contributed by atoms with E-state index in [-0.39, 0.29) is 0 Å². The van der Waals surface area contributed by atoms with Gasteiger partial charge in [-0.15, -0.1) is 0 Å². The molecule has 0 aromatic heterocycles. The number of amides is 3. The van der Waals surface area contributed by atoms with Gasteiger partial charge in [0.25, 0.3) is 5.91 Å². The van der Waals surface area contributed by atoms with Crippen LogP contribution in [0, 0.1) is 0 Å². The van der Waals surface area contributed by atoms with Crippen molar-refractivity contribution in [3.05, 3.63) is 64.3 Å². The fourth-order valence-electron chi connectivity index (χ4n) is 3.12. The van der Waals surface area contributed by atoms with Gasteiger partial charge >= 0.3 is 6.03 Å². The number of ether oxygens (including phenoxy) is 2. The number of benzene rings is 2. The Morgan fingerprint density at radius 2 is 1.86 bits per heavy atom. The second kappa shape index (κ2) is 8.22. The summed E-state index contributed by atoms with van der Waals surface area (Å²) >= 11 is 6.15. The highest BCUT2D eigenvalue weighted by atomic mass is 35.5. The minimum Gasteiger partial charge on any atom is -0.493 e. The van der Waals surface area contributed by atoms with Crippen LogP contribution in [-0.4, -0.2) is 26.2 Å². The highest BCUT2D eigenvalue weighted by molar-refractivity contribution is 6.33. The molecule has 1 aliphatic heterocycles. The van der Waals surface area contributed by atoms with E-state index < -0.39 is 18.0 Å². The van der Waals surface area contributed by atoms with E-state index in [1.54, 1.807) is 49.4 Å². The van der Waals surface area contributed by atoms with Gasteiger partial charge in [0.2, 0.25) is 0 Å². The second-order valence-electron chi connectivity index (χ2n) is 6.09. The Hall–Kier alpha value is -3.19. The van der Waals surface area contributed by atoms with Gasteiger partial charge in [-0.1, -0.05) is 35.9 Å². The third-order valence-corrected chi connectivity index (χ3v) is 4.71. The Labute approximate surface area is 167 Å². The average molecular weight is 402 g/mol. The Balaban J connectivity index is 2.05. The summed E-state index contributed by atoms with van der Waals surface area (Å²) < 4.78 is 10.8. The lowest BCUT2D eigenvalue weighted by Crippen LogP contribution is -2.46. The number of carbonyl (C=O) groups is 2. The summed E-state index contributed by atoms with van der Waals surface area (Å²) in [5.74, 6) is 0.539. The lowest BCUT2D eigenvalue weighted by Gasteiger charge is -2.30. The molecule has 0 radical (unpaired) electrons. The Morgan fingerprint density at radius 3 is 2.54 bits per heavy atom. The van der Waals surface area contributed by atoms with Crippen LogP contribution in [0.1, 0.15) is 18.5 Å². The molecule has 2 aromatic carbocycles. The maximum atomic E-state index is 13.1. The highest BCUT2D eigenvalue weighted by Gasteiger charge is 2.34. The van der Waals surface area contributed by atoms with Gasteiger partial charge in [0.05, 0.1) is 36.5 Å². The first kappa shape index (κ1) is 19.6. The number of nitrogens with one attached hydrogen (secondary N) is 3. The fraction of sp³-hybridized carbons (Fsp3) is 0.200. The molecule has 8 heteroatoms. The number of hydrogen-bond acceptors (Lipinski definition) is 4. The first-order chi connectivity index (χ1) is 13.5. The van der Waals surface area contributed by atoms with E-state index in [0.29, 0.717) is 39.0 Å². The number of para-hydroxylation sites is 2. The molecule has 3 rings (SSSR count). The molecule has 1 heterocycles. The van der Waals surface area contributed by atoms with Gasteiger partial charge in [-0.25, -0.2) is 4.79 Å². The van der Waals surface area contributed by atoms with Crippen LogP contribution < -0.4 is 25.4 Å². The normalized spacial score (nSPS) is 16.1. The number of urea groups is 1. The van der Waals surface area contributed by atoms with E-state index in [4.69, 9.17) is 21.1 Å². The molecule has 28 heavy (non-hydrogen) atoms. The molecule has 3 N–H and O–H groups in total. The summed E-state index contributed by atoms with van der Waals surface area (Å²) in [6, 6.07) is 11.1. The standard InChI is InChI=1S/C20H20ClN3O4/c1-11-16(19(25)23-14-9-5-4-8-13(14)21)17(24-20(26)22-11)12-7-6-10-15(27-2)18(12)28-3/h4-10,17H,1-3H3,(H,23,25)(H2,22,24,26)/t17-/m0/s1. The zero-order valence-corrected chi connectivity index (χ0v) is 16.4. The van der Waals surface area contributed by atoms with Crippen LogP contribution in [0.3, 0.4) is 0 Å². The van der Waals surface area contributed by atoms with Gasteiger partial charge in [-0.2, -0.15) is 0 Å². The molecule has 0 spiro atoms. The largest absolute Gasteiger partial charge is 0.493 e. The first-order valence-corrected chi connectivity index (χ1v) is 8.89. The molecule has 146 valence electrons. The fourth-order valence-corrected chi connectivity index (χ4v) is 3.30. The van der Waals surface area contributed by atoms with E-state index in [1.807, 2.05) is 0 Å². The number of hydrogen-bond donors (Lipinski definition) is 3. The molecular weight excluding hydrogens is 382 g/mol. The van der Waals surface area contributed by atoms with E-state index >= 15 is 0 Å². The quantitative estimate of drug-likeness (QED) is 0.713. The molecular formula is C20H20ClN3O4. The van der Waals surface area contributed by atoms with Crippen molar-refractivity contribution in [3.8, 4) is 11.5 Å². The SMILES string of the molecule is COc1cccc([C@@H]2NC(=O)NC(C)=C2C(=O)Nc2ccccc2Cl)c1OC. The number of rotatable bonds is 5. The van der Waals surface area contributed by atoms with Crippen molar-refractivity contribution < 1.29 is 19.1 Å². The Morgan fingerprint density at radius 1 is 1.11 bits per heavy atom. The summed E-state index contributed by atoms with van der Waals surface area (Å²) in [5, 5.41) is 8.64. The summed E-state index contributed by atoms with van der Waals surface area (Å²) in [4.78, 5) is 25.2. The van der Waals surface area contributed by atoms with Crippen molar-refractivity contribution in [1.82, 2.24) is 10.6 Å². The minimum atomic E-state index is -0.735. The molecule has 2 aromatic rings. The van der Waals surface area contributed by atoms with Crippen LogP contribution in [-0.2, 0) is 4.79 Å². The molecule has 0 unspecified atom stereocenters. The molecule has 0 aliphatic carbocycles. The average Bonchev–Trinajstić information content (AvgIpc) is 2.68. The van der Waals surface area contributed by atoms with E-state index in [2.05, 4.69) is 16.0 Å². The van der Waals surface area contributed by atoms with Gasteiger partial charge in [0.1, 0.15) is 0 Å². The van der Waals surface area contributed by atoms with E-state index in [0.717, 1.165) is 0 Å². The molecule has 0 fully saturated rings. The Kier molecular flexibility index (Phi) is 5.75. The molecule has 3 amide bonds. The second-order valence-corrected chi connectivity index (χ2v) is 6.49. The van der Waals surface area contributed by atoms with Gasteiger partial charge < -0.3 is 25.4 Å². The van der Waals surface area contributed by atoms with Crippen LogP contribution in [0.5, 0.6) is 11.5 Å². The van der Waals surface area contributed by atoms with Crippen molar-refractivity contribution in [1.29, 1.82) is 0 Å². The zero-order valence-electron chi connectivity index (χ0n) is 15.6. The van der Waals surface area contributed by atoms with Crippen molar-refractivity contribution in [2.24, 2.45) is 0 Å². The van der Waals surface area contributed by atoms with E-state index in [9.17, 15) is 9.59 Å². The molecule has 7 nitrogen and oxygen atoms in total. The predicted molar refractivity (Wildman–Crippen MR) is 107 cm³/mol. The lowest BCUT2D eigenvalue weighted by atomic mass is 9.93. The predicted octanol–water partition coefficient (Wildman–Crippen LogP) is 3.62. The van der Waals surface area contributed by atoms with Gasteiger partial charge in [0.15, 0.2) is 11.5 Å². The summed E-state index contributed by atoms with van der Waals surface area (Å²) in [6.07, 6.45) is 0. The van der Waals surface area contributed by atoms with Crippen molar-refractivity contribution in [3.63, 3.8) is 0 Å². The summed E-state index contributed by atoms with van der Waals surface area (Å²) in [5.41, 5.74) is 1.84. The Bertz CT molecular complexity index is 958. The van der Waals surface area contributed by atoms with Crippen LogP contribution in [0.15, 0.2) is 53.7 Å². The van der Waals surface area contributed by atoms with E-state index in [1.165, 1.54) is 14.2 Å². The number of halogens is 1. The zero-order chi connectivity index (χ0) is 20.3. The third kappa shape index (κ3) is 3.75. The summed E-state index contributed by atoms with van der Waals surface area (Å²) in [6.45, 7) is 1.67. The topological polar surface area (TPSA) is 88.7 Å². The van der Waals surface area contributed by atoms with Crippen LogP contribution in [0.4, 0.5) is 10.5 Å². The van der Waals surface area contributed by atoms with Crippen LogP contribution in [0.25, 0.3) is 0 Å². The molecule has 1 aliphatic rings. The van der Waals surface area contributed by atoms with Gasteiger partial charge in [-0.3, -0.25) is 4.79 Å². The summed E-state index contributed by atoms with van der Waals surface area (Å²) in [7, 11) is 3.03. The third-order valence-electron chi connectivity index (χ3n) is 4.38. The van der Waals surface area contributed by atoms with Gasteiger partial charge in [0, 0.05) is 11.3 Å². The first-order valence-electron chi connectivity index (χ1n) is 8.51. The smallest absolute Gasteiger partial charge is 0.319 e. The van der Waals surface area contributed by atoms with Crippen LogP contribution in [0.2, 0.25) is 5.02 Å². The van der Waals surface area contributed by atoms with Crippen molar-refractivity contribution in [2.45, 2.75) is 13.0 Å². The van der Waals surface area contributed by atoms with Crippen molar-refractivity contribution in [2.75, 3.05) is 19.5 Å². The number of anilines is 1. The molecule has 1 atom stereocenters. The number of allylic oxidation sites excluding steroid dienone is 1. The monoisotopic (exact) mass is 401 g/mol. The lowest BCUT2D eigenvalue weighted by molar-refractivity contribution is -0.113. The van der Waals surface area contributed by atoms with Crippen molar-refractivity contribution >= 4 is 29.2 Å². The number of carbonyl (C=O) groups excluding carboxylic acids is 2. The van der Waals surface area contributed by atoms with Crippen LogP contribution >= 0.6 is 11.6 Å². The minimum absolute atomic E-state index is 0.339. The molecule has 0 saturated heterocycles. The maximum absolute atomic E-state index is 13.1. The maximum Gasteiger partial charge on any atom is 0.319 e. The highest BCUT2D eigenvalue weighted by Crippen LogP contribution is 2.39. The number of methoxy groups -OCH3 is 2. The molecule has 0 bridgehead atoms. The molecule has 0 saturated carbocycles.